The van der Waals surface area contributed by atoms with Crippen LogP contribution in [0.3, 0.4) is 0 Å². The van der Waals surface area contributed by atoms with Gasteiger partial charge in [0.2, 0.25) is 0 Å². The lowest BCUT2D eigenvalue weighted by Crippen LogP contribution is -1.94. The Hall–Kier alpha value is -2.29. The maximum Gasteiger partial charge on any atom is 0.159 e. The van der Waals surface area contributed by atoms with Crippen LogP contribution in [0.1, 0.15) is 17.0 Å². The van der Waals surface area contributed by atoms with E-state index in [4.69, 9.17) is 9.26 Å². The molecule has 1 aromatic heterocycles. The van der Waals surface area contributed by atoms with Crippen molar-refractivity contribution in [3.63, 3.8) is 0 Å². The number of aromatic nitrogens is 1. The fraction of sp³-hybridized carbons (Fsp3) is 0.133. The van der Waals surface area contributed by atoms with Gasteiger partial charge in [0.05, 0.1) is 5.69 Å². The van der Waals surface area contributed by atoms with Gasteiger partial charge in [0.1, 0.15) is 12.4 Å². The normalized spacial score (nSPS) is 10.7. The first kappa shape index (κ1) is 12.2. The number of hydrogen-bond donors (Lipinski definition) is 0. The molecule has 0 fully saturated rings. The lowest BCUT2D eigenvalue weighted by molar-refractivity contribution is 0.362. The largest absolute Gasteiger partial charge is 0.489 e. The van der Waals surface area contributed by atoms with Gasteiger partial charge in [-0.1, -0.05) is 36.0 Å². The van der Waals surface area contributed by atoms with Gasteiger partial charge < -0.3 is 9.26 Å². The molecule has 1 aromatic carbocycles. The van der Waals surface area contributed by atoms with Gasteiger partial charge in [-0.3, -0.25) is 0 Å². The van der Waals surface area contributed by atoms with E-state index >= 15 is 0 Å². The first-order chi connectivity index (χ1) is 8.79. The van der Waals surface area contributed by atoms with E-state index in [2.05, 4.69) is 11.7 Å². The van der Waals surface area contributed by atoms with Gasteiger partial charge in [-0.2, -0.15) is 0 Å². The number of aryl methyl sites for hydroxylation is 1. The number of rotatable bonds is 5. The Kier molecular flexibility index (Phi) is 3.97. The molecule has 0 bridgehead atoms. The van der Waals surface area contributed by atoms with Crippen LogP contribution in [0, 0.1) is 6.92 Å². The van der Waals surface area contributed by atoms with Crippen LogP contribution in [-0.2, 0) is 0 Å². The molecule has 0 saturated heterocycles. The van der Waals surface area contributed by atoms with Crippen LogP contribution >= 0.6 is 0 Å². The SMILES string of the molecule is C=CCOc1ccccc1C=Cc1cc(C)no1. The molecule has 0 aliphatic heterocycles. The van der Waals surface area contributed by atoms with Crippen molar-refractivity contribution in [3.8, 4) is 5.75 Å². The monoisotopic (exact) mass is 241 g/mol. The zero-order chi connectivity index (χ0) is 12.8. The molecule has 1 heterocycles. The molecule has 0 radical (unpaired) electrons. The molecule has 3 heteroatoms. The summed E-state index contributed by atoms with van der Waals surface area (Å²) in [4.78, 5) is 0. The van der Waals surface area contributed by atoms with Crippen molar-refractivity contribution < 1.29 is 9.26 Å². The van der Waals surface area contributed by atoms with Crippen LogP contribution < -0.4 is 4.74 Å². The quantitative estimate of drug-likeness (QED) is 0.748. The van der Waals surface area contributed by atoms with Crippen molar-refractivity contribution in [3.05, 3.63) is 60.0 Å². The lowest BCUT2D eigenvalue weighted by atomic mass is 10.2. The number of para-hydroxylation sites is 1. The lowest BCUT2D eigenvalue weighted by Gasteiger charge is -2.06. The van der Waals surface area contributed by atoms with Gasteiger partial charge >= 0.3 is 0 Å². The van der Waals surface area contributed by atoms with E-state index in [1.54, 1.807) is 6.08 Å². The van der Waals surface area contributed by atoms with E-state index in [1.165, 1.54) is 0 Å². The highest BCUT2D eigenvalue weighted by atomic mass is 16.5. The summed E-state index contributed by atoms with van der Waals surface area (Å²) in [6.45, 7) is 6.02. The molecule has 0 atom stereocenters. The average molecular weight is 241 g/mol. The van der Waals surface area contributed by atoms with Crippen molar-refractivity contribution in [2.75, 3.05) is 6.61 Å². The highest BCUT2D eigenvalue weighted by Crippen LogP contribution is 2.20. The minimum Gasteiger partial charge on any atom is -0.489 e. The first-order valence-corrected chi connectivity index (χ1v) is 5.73. The molecule has 0 N–H and O–H groups in total. The third-order valence-corrected chi connectivity index (χ3v) is 2.35. The molecule has 92 valence electrons. The topological polar surface area (TPSA) is 35.3 Å². The van der Waals surface area contributed by atoms with Gasteiger partial charge in [0.25, 0.3) is 0 Å². The van der Waals surface area contributed by atoms with Gasteiger partial charge in [-0.15, -0.1) is 0 Å². The predicted octanol–water partition coefficient (Wildman–Crippen LogP) is 3.72. The van der Waals surface area contributed by atoms with Crippen molar-refractivity contribution in [2.45, 2.75) is 6.92 Å². The summed E-state index contributed by atoms with van der Waals surface area (Å²) >= 11 is 0. The number of hydrogen-bond acceptors (Lipinski definition) is 3. The predicted molar refractivity (Wildman–Crippen MR) is 72.3 cm³/mol. The third kappa shape index (κ3) is 3.10. The summed E-state index contributed by atoms with van der Waals surface area (Å²) in [5.41, 5.74) is 1.86. The smallest absolute Gasteiger partial charge is 0.159 e. The van der Waals surface area contributed by atoms with Gasteiger partial charge in [-0.25, -0.2) is 0 Å². The minimum atomic E-state index is 0.492. The zero-order valence-corrected chi connectivity index (χ0v) is 10.3. The Morgan fingerprint density at radius 1 is 1.33 bits per heavy atom. The van der Waals surface area contributed by atoms with Crippen molar-refractivity contribution >= 4 is 12.2 Å². The first-order valence-electron chi connectivity index (χ1n) is 5.73. The van der Waals surface area contributed by atoms with Crippen LogP contribution in [0.4, 0.5) is 0 Å². The Morgan fingerprint density at radius 2 is 2.17 bits per heavy atom. The Bertz CT molecular complexity index is 555. The second-order valence-corrected chi connectivity index (χ2v) is 3.84. The van der Waals surface area contributed by atoms with Crippen molar-refractivity contribution in [2.24, 2.45) is 0 Å². The number of benzene rings is 1. The Balaban J connectivity index is 2.17. The molecule has 0 spiro atoms. The summed E-state index contributed by atoms with van der Waals surface area (Å²) < 4.78 is 10.7. The molecule has 0 unspecified atom stereocenters. The molecule has 0 amide bonds. The summed E-state index contributed by atoms with van der Waals surface area (Å²) in [6.07, 6.45) is 5.54. The summed E-state index contributed by atoms with van der Waals surface area (Å²) in [6, 6.07) is 9.69. The average Bonchev–Trinajstić information content (AvgIpc) is 2.81. The van der Waals surface area contributed by atoms with Gasteiger partial charge in [0, 0.05) is 11.6 Å². The fourth-order valence-corrected chi connectivity index (χ4v) is 1.53. The van der Waals surface area contributed by atoms with Gasteiger partial charge in [-0.05, 0) is 25.1 Å². The summed E-state index contributed by atoms with van der Waals surface area (Å²) in [5.74, 6) is 1.55. The molecule has 18 heavy (non-hydrogen) atoms. The zero-order valence-electron chi connectivity index (χ0n) is 10.3. The van der Waals surface area contributed by atoms with E-state index in [-0.39, 0.29) is 0 Å². The van der Waals surface area contributed by atoms with Gasteiger partial charge in [0.15, 0.2) is 5.76 Å². The summed E-state index contributed by atoms with van der Waals surface area (Å²) in [7, 11) is 0. The van der Waals surface area contributed by atoms with E-state index in [0.717, 1.165) is 22.8 Å². The maximum absolute atomic E-state index is 5.56. The minimum absolute atomic E-state index is 0.492. The molecule has 3 nitrogen and oxygen atoms in total. The molecule has 0 aliphatic rings. The summed E-state index contributed by atoms with van der Waals surface area (Å²) in [5, 5.41) is 3.83. The molecule has 0 aliphatic carbocycles. The van der Waals surface area contributed by atoms with E-state index in [0.29, 0.717) is 6.61 Å². The molecule has 2 rings (SSSR count). The molecule has 0 saturated carbocycles. The third-order valence-electron chi connectivity index (χ3n) is 2.35. The van der Waals surface area contributed by atoms with Crippen LogP contribution in [0.2, 0.25) is 0 Å². The van der Waals surface area contributed by atoms with Crippen LogP contribution in [0.15, 0.2) is 47.5 Å². The van der Waals surface area contributed by atoms with E-state index in [9.17, 15) is 0 Å². The van der Waals surface area contributed by atoms with Crippen LogP contribution in [-0.4, -0.2) is 11.8 Å². The van der Waals surface area contributed by atoms with E-state index < -0.39 is 0 Å². The van der Waals surface area contributed by atoms with Crippen LogP contribution in [0.25, 0.3) is 12.2 Å². The Morgan fingerprint density at radius 3 is 2.89 bits per heavy atom. The van der Waals surface area contributed by atoms with Crippen molar-refractivity contribution in [1.82, 2.24) is 5.16 Å². The van der Waals surface area contributed by atoms with E-state index in [1.807, 2.05) is 49.4 Å². The highest BCUT2D eigenvalue weighted by molar-refractivity contribution is 5.70. The second kappa shape index (κ2) is 5.87. The molecule has 2 aromatic rings. The van der Waals surface area contributed by atoms with Crippen molar-refractivity contribution in [1.29, 1.82) is 0 Å². The highest BCUT2D eigenvalue weighted by Gasteiger charge is 2.00. The number of ether oxygens (including phenoxy) is 1. The fourth-order valence-electron chi connectivity index (χ4n) is 1.53. The Labute approximate surface area is 106 Å². The maximum atomic E-state index is 5.56. The second-order valence-electron chi connectivity index (χ2n) is 3.84. The molecular weight excluding hydrogens is 226 g/mol. The standard InChI is InChI=1S/C15H15NO2/c1-3-10-17-15-7-5-4-6-13(15)8-9-14-11-12(2)16-18-14/h3-9,11H,1,10H2,2H3. The molecular formula is C15H15NO2. The van der Waals surface area contributed by atoms with Crippen LogP contribution in [0.5, 0.6) is 5.75 Å². The number of nitrogens with zero attached hydrogens (tertiary/aromatic N) is 1.